The minimum Gasteiger partial charge on any atom is -0.294 e. The van der Waals surface area contributed by atoms with E-state index in [2.05, 4.69) is 0 Å². The third kappa shape index (κ3) is 0.803. The summed E-state index contributed by atoms with van der Waals surface area (Å²) < 4.78 is 13.4. The molecule has 0 aromatic heterocycles. The maximum absolute atomic E-state index is 13.4. The molecule has 1 aliphatic rings. The lowest BCUT2D eigenvalue weighted by atomic mass is 10.0. The van der Waals surface area contributed by atoms with Crippen LogP contribution >= 0.6 is 0 Å². The molecule has 3 rings (SSSR count). The van der Waals surface area contributed by atoms with Crippen LogP contribution in [0.15, 0.2) is 30.3 Å². The van der Waals surface area contributed by atoms with Crippen LogP contribution in [0.25, 0.3) is 10.8 Å². The first-order valence-corrected chi connectivity index (χ1v) is 4.50. The second-order valence-electron chi connectivity index (χ2n) is 3.54. The maximum Gasteiger partial charge on any atom is 0.170 e. The van der Waals surface area contributed by atoms with Gasteiger partial charge in [-0.2, -0.15) is 0 Å². The van der Waals surface area contributed by atoms with E-state index in [4.69, 9.17) is 0 Å². The van der Waals surface area contributed by atoms with Crippen molar-refractivity contribution in [2.45, 2.75) is 6.42 Å². The summed E-state index contributed by atoms with van der Waals surface area (Å²) in [4.78, 5) is 11.5. The SMILES string of the molecule is O=C1Cc2cccc3ccc(F)c1c23. The zero-order valence-electron chi connectivity index (χ0n) is 7.38. The lowest BCUT2D eigenvalue weighted by Crippen LogP contribution is -1.97. The normalized spacial score (nSPS) is 13.9. The molecule has 0 atom stereocenters. The van der Waals surface area contributed by atoms with Crippen LogP contribution in [0.2, 0.25) is 0 Å². The Hall–Kier alpha value is -1.70. The third-order valence-electron chi connectivity index (χ3n) is 2.71. The molecular weight excluding hydrogens is 179 g/mol. The molecule has 1 nitrogen and oxygen atoms in total. The number of carbonyl (C=O) groups excluding carboxylic acids is 1. The zero-order chi connectivity index (χ0) is 9.71. The largest absolute Gasteiger partial charge is 0.294 e. The summed E-state index contributed by atoms with van der Waals surface area (Å²) in [6.45, 7) is 0. The Bertz CT molecular complexity index is 557. The third-order valence-corrected chi connectivity index (χ3v) is 2.71. The number of rotatable bonds is 0. The Kier molecular flexibility index (Phi) is 1.32. The van der Waals surface area contributed by atoms with E-state index in [1.165, 1.54) is 6.07 Å². The number of hydrogen-bond acceptors (Lipinski definition) is 1. The van der Waals surface area contributed by atoms with Gasteiger partial charge in [-0.1, -0.05) is 24.3 Å². The first-order chi connectivity index (χ1) is 6.77. The van der Waals surface area contributed by atoms with Crippen molar-refractivity contribution in [2.75, 3.05) is 0 Å². The van der Waals surface area contributed by atoms with Gasteiger partial charge in [0, 0.05) is 6.42 Å². The van der Waals surface area contributed by atoms with Crippen LogP contribution in [0.4, 0.5) is 4.39 Å². The monoisotopic (exact) mass is 186 g/mol. The molecule has 2 heteroatoms. The average molecular weight is 186 g/mol. The Morgan fingerprint density at radius 1 is 1.14 bits per heavy atom. The number of Topliss-reactive ketones (excluding diaryl/α,β-unsaturated/α-hetero) is 1. The van der Waals surface area contributed by atoms with Crippen molar-refractivity contribution < 1.29 is 9.18 Å². The summed E-state index contributed by atoms with van der Waals surface area (Å²) >= 11 is 0. The van der Waals surface area contributed by atoms with Gasteiger partial charge in [0.25, 0.3) is 0 Å². The Balaban J connectivity index is 2.59. The molecule has 0 radical (unpaired) electrons. The van der Waals surface area contributed by atoms with E-state index in [1.807, 2.05) is 18.2 Å². The Labute approximate surface area is 80.2 Å². The summed E-state index contributed by atoms with van der Waals surface area (Å²) in [6.07, 6.45) is 0.341. The molecule has 0 saturated heterocycles. The van der Waals surface area contributed by atoms with Crippen molar-refractivity contribution in [1.29, 1.82) is 0 Å². The van der Waals surface area contributed by atoms with Crippen molar-refractivity contribution in [3.05, 3.63) is 47.3 Å². The fraction of sp³-hybridized carbons (Fsp3) is 0.0833. The molecule has 0 amide bonds. The summed E-state index contributed by atoms with van der Waals surface area (Å²) in [5, 5.41) is 1.75. The van der Waals surface area contributed by atoms with Crippen LogP contribution in [-0.2, 0) is 6.42 Å². The van der Waals surface area contributed by atoms with Gasteiger partial charge >= 0.3 is 0 Å². The molecule has 2 aromatic rings. The van der Waals surface area contributed by atoms with Crippen LogP contribution in [-0.4, -0.2) is 5.78 Å². The topological polar surface area (TPSA) is 17.1 Å². The molecular formula is C12H7FO. The van der Waals surface area contributed by atoms with Gasteiger partial charge in [-0.25, -0.2) is 4.39 Å². The highest BCUT2D eigenvalue weighted by Gasteiger charge is 2.24. The second-order valence-corrected chi connectivity index (χ2v) is 3.54. The predicted octanol–water partition coefficient (Wildman–Crippen LogP) is 2.72. The first-order valence-electron chi connectivity index (χ1n) is 4.50. The molecule has 68 valence electrons. The van der Waals surface area contributed by atoms with E-state index in [1.54, 1.807) is 6.07 Å². The van der Waals surface area contributed by atoms with Gasteiger partial charge in [-0.05, 0) is 22.4 Å². The molecule has 1 aliphatic carbocycles. The van der Waals surface area contributed by atoms with E-state index in [0.717, 1.165) is 16.3 Å². The fourth-order valence-electron chi connectivity index (χ4n) is 2.11. The highest BCUT2D eigenvalue weighted by molar-refractivity contribution is 6.15. The molecule has 0 bridgehead atoms. The van der Waals surface area contributed by atoms with E-state index in [9.17, 15) is 9.18 Å². The van der Waals surface area contributed by atoms with Gasteiger partial charge in [-0.3, -0.25) is 4.79 Å². The molecule has 0 unspecified atom stereocenters. The summed E-state index contributed by atoms with van der Waals surface area (Å²) in [5.74, 6) is -0.498. The maximum atomic E-state index is 13.4. The van der Waals surface area contributed by atoms with E-state index in [0.29, 0.717) is 6.42 Å². The average Bonchev–Trinajstić information content (AvgIpc) is 2.51. The molecule has 0 heterocycles. The number of halogens is 1. The van der Waals surface area contributed by atoms with Crippen molar-refractivity contribution in [3.8, 4) is 0 Å². The highest BCUT2D eigenvalue weighted by atomic mass is 19.1. The lowest BCUT2D eigenvalue weighted by molar-refractivity contribution is 0.0996. The molecule has 0 saturated carbocycles. The summed E-state index contributed by atoms with van der Waals surface area (Å²) in [6, 6.07) is 8.77. The number of carbonyl (C=O) groups is 1. The molecule has 0 N–H and O–H groups in total. The highest BCUT2D eigenvalue weighted by Crippen LogP contribution is 2.32. The standard InChI is InChI=1S/C12H7FO/c13-9-5-4-7-2-1-3-8-6-10(14)12(9)11(7)8/h1-5H,6H2. The molecule has 0 fully saturated rings. The minimum absolute atomic E-state index is 0.102. The van der Waals surface area contributed by atoms with Crippen LogP contribution < -0.4 is 0 Å². The van der Waals surface area contributed by atoms with Crippen molar-refractivity contribution >= 4 is 16.6 Å². The zero-order valence-corrected chi connectivity index (χ0v) is 7.38. The van der Waals surface area contributed by atoms with Crippen molar-refractivity contribution in [2.24, 2.45) is 0 Å². The number of ketones is 1. The number of benzene rings is 2. The second kappa shape index (κ2) is 2.41. The van der Waals surface area contributed by atoms with Gasteiger partial charge in [0.15, 0.2) is 5.78 Å². The van der Waals surface area contributed by atoms with Gasteiger partial charge in [0.1, 0.15) is 5.82 Å². The smallest absolute Gasteiger partial charge is 0.170 e. The van der Waals surface area contributed by atoms with Crippen LogP contribution in [0.1, 0.15) is 15.9 Å². The van der Waals surface area contributed by atoms with E-state index in [-0.39, 0.29) is 11.3 Å². The van der Waals surface area contributed by atoms with Gasteiger partial charge < -0.3 is 0 Å². The summed E-state index contributed by atoms with van der Waals surface area (Å²) in [7, 11) is 0. The summed E-state index contributed by atoms with van der Waals surface area (Å²) in [5.41, 5.74) is 1.22. The minimum atomic E-state index is -0.396. The van der Waals surface area contributed by atoms with E-state index < -0.39 is 5.82 Å². The fourth-order valence-corrected chi connectivity index (χ4v) is 2.11. The quantitative estimate of drug-likeness (QED) is 0.618. The molecule has 0 aliphatic heterocycles. The lowest BCUT2D eigenvalue weighted by Gasteiger charge is -2.00. The predicted molar refractivity (Wildman–Crippen MR) is 51.9 cm³/mol. The Morgan fingerprint density at radius 2 is 2.00 bits per heavy atom. The van der Waals surface area contributed by atoms with E-state index >= 15 is 0 Å². The van der Waals surface area contributed by atoms with Crippen LogP contribution in [0, 0.1) is 5.82 Å². The first kappa shape index (κ1) is 7.68. The molecule has 0 spiro atoms. The van der Waals surface area contributed by atoms with Gasteiger partial charge in [0.2, 0.25) is 0 Å². The van der Waals surface area contributed by atoms with Gasteiger partial charge in [-0.15, -0.1) is 0 Å². The van der Waals surface area contributed by atoms with Gasteiger partial charge in [0.05, 0.1) is 5.56 Å². The molecule has 2 aromatic carbocycles. The van der Waals surface area contributed by atoms with Crippen LogP contribution in [0.5, 0.6) is 0 Å². The molecule has 14 heavy (non-hydrogen) atoms. The Morgan fingerprint density at radius 3 is 2.86 bits per heavy atom. The van der Waals surface area contributed by atoms with Crippen molar-refractivity contribution in [1.82, 2.24) is 0 Å². The number of hydrogen-bond donors (Lipinski definition) is 0. The van der Waals surface area contributed by atoms with Crippen LogP contribution in [0.3, 0.4) is 0 Å². The van der Waals surface area contributed by atoms with Crippen molar-refractivity contribution in [3.63, 3.8) is 0 Å².